The molecule has 0 aromatic heterocycles. The highest BCUT2D eigenvalue weighted by molar-refractivity contribution is 7.98. The van der Waals surface area contributed by atoms with Gasteiger partial charge in [-0.2, -0.15) is 4.55 Å². The van der Waals surface area contributed by atoms with E-state index >= 15 is 0 Å². The Hall–Kier alpha value is -0.670. The Morgan fingerprint density at radius 1 is 1.36 bits per heavy atom. The predicted molar refractivity (Wildman–Crippen MR) is 44.0 cm³/mol. The Morgan fingerprint density at radius 2 is 2.09 bits per heavy atom. The molecule has 3 heteroatoms. The summed E-state index contributed by atoms with van der Waals surface area (Å²) < 4.78 is 20.7. The maximum atomic E-state index is 11.4. The van der Waals surface area contributed by atoms with Crippen LogP contribution in [0.3, 0.4) is 0 Å². The number of hydrogen-bond acceptors (Lipinski definition) is 1. The zero-order valence-electron chi connectivity index (χ0n) is 5.99. The molecular weight excluding hydrogens is 160 g/mol. The van der Waals surface area contributed by atoms with Crippen LogP contribution < -0.4 is 0 Å². The van der Waals surface area contributed by atoms with Gasteiger partial charge in [0.15, 0.2) is 10.6 Å². The highest BCUT2D eigenvalue weighted by Gasteiger charge is 2.37. The molecular formula is C8H9O2S+. The van der Waals surface area contributed by atoms with E-state index in [1.165, 1.54) is 0 Å². The Labute approximate surface area is 66.5 Å². The van der Waals surface area contributed by atoms with Crippen molar-refractivity contribution in [3.8, 4) is 0 Å². The molecule has 2 rings (SSSR count). The third-order valence-corrected chi connectivity index (χ3v) is 3.81. The fourth-order valence-electron chi connectivity index (χ4n) is 1.38. The topological polar surface area (TPSA) is 37.3 Å². The quantitative estimate of drug-likeness (QED) is 0.598. The minimum Gasteiger partial charge on any atom is -0.183 e. The maximum absolute atomic E-state index is 11.4. The van der Waals surface area contributed by atoms with Gasteiger partial charge in [0.25, 0.3) is 0 Å². The fourth-order valence-corrected chi connectivity index (χ4v) is 2.97. The highest BCUT2D eigenvalue weighted by Crippen LogP contribution is 2.28. The SMILES string of the molecule is O=[S+]1(O)CCc2ccccc21. The van der Waals surface area contributed by atoms with Crippen molar-refractivity contribution in [1.82, 2.24) is 0 Å². The number of rotatable bonds is 0. The number of aryl methyl sites for hydroxylation is 1. The van der Waals surface area contributed by atoms with Crippen LogP contribution in [0.1, 0.15) is 5.56 Å². The van der Waals surface area contributed by atoms with E-state index in [0.29, 0.717) is 10.6 Å². The first-order valence-corrected chi connectivity index (χ1v) is 5.21. The van der Waals surface area contributed by atoms with E-state index in [1.807, 2.05) is 12.1 Å². The van der Waals surface area contributed by atoms with Crippen molar-refractivity contribution >= 4 is 10.2 Å². The molecule has 0 radical (unpaired) electrons. The summed E-state index contributed by atoms with van der Waals surface area (Å²) in [7, 11) is -2.66. The van der Waals surface area contributed by atoms with Crippen molar-refractivity contribution in [2.45, 2.75) is 11.3 Å². The second kappa shape index (κ2) is 2.16. The van der Waals surface area contributed by atoms with Crippen LogP contribution in [0.2, 0.25) is 0 Å². The Balaban J connectivity index is 2.65. The summed E-state index contributed by atoms with van der Waals surface area (Å²) in [6.45, 7) is 0. The van der Waals surface area contributed by atoms with Crippen molar-refractivity contribution in [3.05, 3.63) is 29.8 Å². The minimum absolute atomic E-state index is 0.395. The predicted octanol–water partition coefficient (Wildman–Crippen LogP) is 1.57. The van der Waals surface area contributed by atoms with E-state index in [4.69, 9.17) is 0 Å². The first-order chi connectivity index (χ1) is 5.20. The molecule has 0 aliphatic carbocycles. The van der Waals surface area contributed by atoms with Gasteiger partial charge in [-0.05, 0) is 6.07 Å². The van der Waals surface area contributed by atoms with E-state index in [2.05, 4.69) is 0 Å². The average molecular weight is 169 g/mol. The molecule has 0 bridgehead atoms. The van der Waals surface area contributed by atoms with Crippen LogP contribution in [0.15, 0.2) is 29.2 Å². The van der Waals surface area contributed by atoms with E-state index in [9.17, 15) is 8.76 Å². The minimum atomic E-state index is -2.66. The summed E-state index contributed by atoms with van der Waals surface area (Å²) in [5, 5.41) is 0. The number of hydrogen-bond donors (Lipinski definition) is 1. The molecule has 0 amide bonds. The van der Waals surface area contributed by atoms with Crippen molar-refractivity contribution in [3.63, 3.8) is 0 Å². The average Bonchev–Trinajstić information content (AvgIpc) is 2.29. The lowest BCUT2D eigenvalue weighted by Gasteiger charge is -1.93. The van der Waals surface area contributed by atoms with Gasteiger partial charge in [0, 0.05) is 12.0 Å². The zero-order valence-corrected chi connectivity index (χ0v) is 6.80. The van der Waals surface area contributed by atoms with Gasteiger partial charge in [0.2, 0.25) is 10.2 Å². The molecule has 1 aliphatic heterocycles. The molecule has 1 aliphatic rings. The molecule has 1 unspecified atom stereocenters. The van der Waals surface area contributed by atoms with E-state index in [0.717, 1.165) is 12.0 Å². The molecule has 1 aromatic carbocycles. The molecule has 58 valence electrons. The molecule has 2 nitrogen and oxygen atoms in total. The lowest BCUT2D eigenvalue weighted by molar-refractivity contribution is 0.501. The van der Waals surface area contributed by atoms with Crippen molar-refractivity contribution < 1.29 is 8.76 Å². The molecule has 1 N–H and O–H groups in total. The first-order valence-electron chi connectivity index (χ1n) is 3.52. The van der Waals surface area contributed by atoms with Crippen LogP contribution in [0, 0.1) is 0 Å². The van der Waals surface area contributed by atoms with Gasteiger partial charge in [-0.1, -0.05) is 22.4 Å². The van der Waals surface area contributed by atoms with Crippen LogP contribution in [-0.4, -0.2) is 10.3 Å². The smallest absolute Gasteiger partial charge is 0.183 e. The Kier molecular flexibility index (Phi) is 1.37. The lowest BCUT2D eigenvalue weighted by atomic mass is 10.2. The van der Waals surface area contributed by atoms with E-state index < -0.39 is 10.2 Å². The molecule has 1 aromatic rings. The first kappa shape index (κ1) is 7.00. The van der Waals surface area contributed by atoms with Gasteiger partial charge in [-0.25, -0.2) is 0 Å². The summed E-state index contributed by atoms with van der Waals surface area (Å²) >= 11 is 0. The third kappa shape index (κ3) is 1.01. The molecule has 0 saturated heterocycles. The largest absolute Gasteiger partial charge is 0.248 e. The zero-order chi connectivity index (χ0) is 7.90. The third-order valence-electron chi connectivity index (χ3n) is 1.96. The van der Waals surface area contributed by atoms with Gasteiger partial charge in [0.1, 0.15) is 0 Å². The van der Waals surface area contributed by atoms with Crippen LogP contribution in [0.25, 0.3) is 0 Å². The van der Waals surface area contributed by atoms with Crippen LogP contribution in [0.5, 0.6) is 0 Å². The fraction of sp³-hybridized carbons (Fsp3) is 0.250. The van der Waals surface area contributed by atoms with Gasteiger partial charge < -0.3 is 0 Å². The van der Waals surface area contributed by atoms with Gasteiger partial charge in [-0.3, -0.25) is 0 Å². The maximum Gasteiger partial charge on any atom is 0.248 e. The van der Waals surface area contributed by atoms with Gasteiger partial charge in [-0.15, -0.1) is 0 Å². The molecule has 0 saturated carbocycles. The molecule has 1 atom stereocenters. The lowest BCUT2D eigenvalue weighted by Crippen LogP contribution is -2.07. The molecule has 0 fully saturated rings. The van der Waals surface area contributed by atoms with Crippen molar-refractivity contribution in [1.29, 1.82) is 0 Å². The summed E-state index contributed by atoms with van der Waals surface area (Å²) in [6, 6.07) is 7.36. The van der Waals surface area contributed by atoms with Crippen LogP contribution >= 0.6 is 0 Å². The van der Waals surface area contributed by atoms with E-state index in [-0.39, 0.29) is 0 Å². The summed E-state index contributed by atoms with van der Waals surface area (Å²) in [4.78, 5) is 0.639. The summed E-state index contributed by atoms with van der Waals surface area (Å²) in [6.07, 6.45) is 0.742. The normalized spacial score (nSPS) is 28.5. The summed E-state index contributed by atoms with van der Waals surface area (Å²) in [5.74, 6) is 0.395. The van der Waals surface area contributed by atoms with Crippen LogP contribution in [-0.2, 0) is 20.8 Å². The molecule has 1 heterocycles. The monoisotopic (exact) mass is 169 g/mol. The van der Waals surface area contributed by atoms with Gasteiger partial charge in [0.05, 0.1) is 0 Å². The van der Waals surface area contributed by atoms with Crippen molar-refractivity contribution in [2.75, 3.05) is 5.75 Å². The van der Waals surface area contributed by atoms with Crippen LogP contribution in [0.4, 0.5) is 0 Å². The molecule has 11 heavy (non-hydrogen) atoms. The van der Waals surface area contributed by atoms with Gasteiger partial charge >= 0.3 is 0 Å². The second-order valence-electron chi connectivity index (χ2n) is 2.70. The Morgan fingerprint density at radius 3 is 2.82 bits per heavy atom. The Bertz CT molecular complexity index is 333. The number of benzene rings is 1. The number of fused-ring (bicyclic) bond motifs is 1. The molecule has 0 spiro atoms. The second-order valence-corrected chi connectivity index (χ2v) is 4.83. The standard InChI is InChI=1S/C8H8O2S/c9-11(10)6-5-7-3-1-2-4-8(7)11/h1-4H,5-6H2/p+1. The van der Waals surface area contributed by atoms with E-state index in [1.54, 1.807) is 12.1 Å². The summed E-state index contributed by atoms with van der Waals surface area (Å²) in [5.41, 5.74) is 1.03. The highest BCUT2D eigenvalue weighted by atomic mass is 32.3. The van der Waals surface area contributed by atoms with Crippen molar-refractivity contribution in [2.24, 2.45) is 0 Å².